The standard InChI is InChI=1S/C17H17NO5/c1-11-2-7-15(23-11)14-10-22-9-8-18(14)16(19)12-3-5-13(6-4-12)17(20)21/h2-7,14H,8-10H2,1H3,(H,20,21). The predicted molar refractivity (Wildman–Crippen MR) is 81.4 cm³/mol. The summed E-state index contributed by atoms with van der Waals surface area (Å²) in [4.78, 5) is 25.4. The minimum atomic E-state index is -1.01. The lowest BCUT2D eigenvalue weighted by Crippen LogP contribution is -2.43. The molecule has 1 amide bonds. The summed E-state index contributed by atoms with van der Waals surface area (Å²) < 4.78 is 11.1. The number of hydrogen-bond acceptors (Lipinski definition) is 4. The smallest absolute Gasteiger partial charge is 0.335 e. The molecule has 0 bridgehead atoms. The molecule has 1 unspecified atom stereocenters. The van der Waals surface area contributed by atoms with Crippen LogP contribution in [0, 0.1) is 6.92 Å². The Bertz CT molecular complexity index is 719. The number of morpholine rings is 1. The third-order valence-electron chi connectivity index (χ3n) is 3.86. The molecule has 2 heterocycles. The third kappa shape index (κ3) is 3.12. The molecule has 0 spiro atoms. The fourth-order valence-electron chi connectivity index (χ4n) is 2.64. The molecule has 1 saturated heterocycles. The van der Waals surface area contributed by atoms with Crippen molar-refractivity contribution in [3.8, 4) is 0 Å². The van der Waals surface area contributed by atoms with Gasteiger partial charge in [-0.25, -0.2) is 4.79 Å². The molecule has 1 N–H and O–H groups in total. The monoisotopic (exact) mass is 315 g/mol. The number of amides is 1. The first-order valence-electron chi connectivity index (χ1n) is 7.34. The Morgan fingerprint density at radius 3 is 2.43 bits per heavy atom. The number of carboxylic acids is 1. The number of aromatic carboxylic acids is 1. The normalized spacial score (nSPS) is 18.0. The number of carbonyl (C=O) groups excluding carboxylic acids is 1. The number of carbonyl (C=O) groups is 2. The number of furan rings is 1. The SMILES string of the molecule is Cc1ccc(C2COCCN2C(=O)c2ccc(C(=O)O)cc2)o1. The van der Waals surface area contributed by atoms with Crippen LogP contribution in [0.3, 0.4) is 0 Å². The Kier molecular flexibility index (Phi) is 4.16. The molecule has 1 fully saturated rings. The van der Waals surface area contributed by atoms with Crippen LogP contribution in [-0.2, 0) is 4.74 Å². The fraction of sp³-hybridized carbons (Fsp3) is 0.294. The molecule has 23 heavy (non-hydrogen) atoms. The second-order valence-corrected chi connectivity index (χ2v) is 5.42. The zero-order valence-electron chi connectivity index (χ0n) is 12.7. The lowest BCUT2D eigenvalue weighted by molar-refractivity contribution is -0.00895. The minimum Gasteiger partial charge on any atom is -0.478 e. The zero-order valence-corrected chi connectivity index (χ0v) is 12.7. The molecule has 6 nitrogen and oxygen atoms in total. The highest BCUT2D eigenvalue weighted by atomic mass is 16.5. The molecule has 0 saturated carbocycles. The van der Waals surface area contributed by atoms with Gasteiger partial charge >= 0.3 is 5.97 Å². The lowest BCUT2D eigenvalue weighted by Gasteiger charge is -2.34. The first-order chi connectivity index (χ1) is 11.1. The number of nitrogens with zero attached hydrogens (tertiary/aromatic N) is 1. The van der Waals surface area contributed by atoms with Gasteiger partial charge in [-0.2, -0.15) is 0 Å². The number of rotatable bonds is 3. The molecule has 1 aliphatic heterocycles. The molecule has 0 radical (unpaired) electrons. The Balaban J connectivity index is 1.85. The Morgan fingerprint density at radius 1 is 1.13 bits per heavy atom. The van der Waals surface area contributed by atoms with E-state index in [1.54, 1.807) is 4.90 Å². The molecule has 3 rings (SSSR count). The van der Waals surface area contributed by atoms with Crippen molar-refractivity contribution in [1.82, 2.24) is 4.90 Å². The van der Waals surface area contributed by atoms with Crippen LogP contribution in [0.4, 0.5) is 0 Å². The second kappa shape index (κ2) is 6.26. The summed E-state index contributed by atoms with van der Waals surface area (Å²) in [5, 5.41) is 8.93. The molecule has 6 heteroatoms. The van der Waals surface area contributed by atoms with Gasteiger partial charge in [0.05, 0.1) is 18.8 Å². The van der Waals surface area contributed by atoms with Crippen molar-refractivity contribution in [2.45, 2.75) is 13.0 Å². The van der Waals surface area contributed by atoms with Crippen molar-refractivity contribution in [1.29, 1.82) is 0 Å². The van der Waals surface area contributed by atoms with Crippen molar-refractivity contribution in [3.63, 3.8) is 0 Å². The molecular weight excluding hydrogens is 298 g/mol. The first kappa shape index (κ1) is 15.3. The summed E-state index contributed by atoms with van der Waals surface area (Å²) in [5.74, 6) is 0.296. The van der Waals surface area contributed by atoms with E-state index >= 15 is 0 Å². The second-order valence-electron chi connectivity index (χ2n) is 5.42. The maximum Gasteiger partial charge on any atom is 0.335 e. The fourth-order valence-corrected chi connectivity index (χ4v) is 2.64. The van der Waals surface area contributed by atoms with Crippen molar-refractivity contribution in [2.75, 3.05) is 19.8 Å². The molecule has 1 aromatic carbocycles. The average molecular weight is 315 g/mol. The summed E-state index contributed by atoms with van der Waals surface area (Å²) in [5.41, 5.74) is 0.604. The van der Waals surface area contributed by atoms with Crippen LogP contribution in [0.2, 0.25) is 0 Å². The van der Waals surface area contributed by atoms with Crippen LogP contribution in [0.1, 0.15) is 38.3 Å². The van der Waals surface area contributed by atoms with Crippen LogP contribution < -0.4 is 0 Å². The number of hydrogen-bond donors (Lipinski definition) is 1. The number of carboxylic acid groups (broad SMARTS) is 1. The quantitative estimate of drug-likeness (QED) is 0.941. The summed E-state index contributed by atoms with van der Waals surface area (Å²) in [6.45, 7) is 3.16. The van der Waals surface area contributed by atoms with E-state index in [0.29, 0.717) is 31.1 Å². The minimum absolute atomic E-state index is 0.154. The average Bonchev–Trinajstić information content (AvgIpc) is 3.00. The van der Waals surface area contributed by atoms with Gasteiger partial charge in [-0.3, -0.25) is 4.79 Å². The van der Waals surface area contributed by atoms with E-state index in [4.69, 9.17) is 14.3 Å². The van der Waals surface area contributed by atoms with Crippen molar-refractivity contribution < 1.29 is 23.8 Å². The van der Waals surface area contributed by atoms with E-state index in [1.807, 2.05) is 19.1 Å². The highest BCUT2D eigenvalue weighted by Gasteiger charge is 2.31. The van der Waals surface area contributed by atoms with Crippen LogP contribution in [0.5, 0.6) is 0 Å². The van der Waals surface area contributed by atoms with Gasteiger partial charge in [0.15, 0.2) is 0 Å². The van der Waals surface area contributed by atoms with Gasteiger partial charge in [0.2, 0.25) is 0 Å². The van der Waals surface area contributed by atoms with Crippen LogP contribution >= 0.6 is 0 Å². The van der Waals surface area contributed by atoms with E-state index in [0.717, 1.165) is 5.76 Å². The first-order valence-corrected chi connectivity index (χ1v) is 7.34. The van der Waals surface area contributed by atoms with E-state index in [-0.39, 0.29) is 17.5 Å². The number of ether oxygens (including phenoxy) is 1. The van der Waals surface area contributed by atoms with Crippen LogP contribution in [0.25, 0.3) is 0 Å². The molecule has 1 aliphatic rings. The van der Waals surface area contributed by atoms with Gasteiger partial charge < -0.3 is 19.2 Å². The van der Waals surface area contributed by atoms with Crippen molar-refractivity contribution >= 4 is 11.9 Å². The Hall–Kier alpha value is -2.60. The summed E-state index contributed by atoms with van der Waals surface area (Å²) in [6, 6.07) is 9.36. The van der Waals surface area contributed by atoms with Gasteiger partial charge in [-0.1, -0.05) is 0 Å². The molecule has 1 atom stereocenters. The maximum absolute atomic E-state index is 12.8. The largest absolute Gasteiger partial charge is 0.478 e. The van der Waals surface area contributed by atoms with Gasteiger partial charge in [-0.05, 0) is 43.3 Å². The summed E-state index contributed by atoms with van der Waals surface area (Å²) >= 11 is 0. The highest BCUT2D eigenvalue weighted by molar-refractivity contribution is 5.96. The zero-order chi connectivity index (χ0) is 16.4. The van der Waals surface area contributed by atoms with Gasteiger partial charge in [0.25, 0.3) is 5.91 Å². The predicted octanol–water partition coefficient (Wildman–Crippen LogP) is 2.50. The van der Waals surface area contributed by atoms with E-state index in [2.05, 4.69) is 0 Å². The highest BCUT2D eigenvalue weighted by Crippen LogP contribution is 2.27. The van der Waals surface area contributed by atoms with E-state index < -0.39 is 5.97 Å². The maximum atomic E-state index is 12.8. The molecule has 1 aromatic heterocycles. The molecule has 120 valence electrons. The molecule has 2 aromatic rings. The van der Waals surface area contributed by atoms with Crippen LogP contribution in [0.15, 0.2) is 40.8 Å². The number of aryl methyl sites for hydroxylation is 1. The van der Waals surface area contributed by atoms with Crippen molar-refractivity contribution in [3.05, 3.63) is 59.0 Å². The van der Waals surface area contributed by atoms with Gasteiger partial charge in [0.1, 0.15) is 17.6 Å². The lowest BCUT2D eigenvalue weighted by atomic mass is 10.1. The molecule has 0 aliphatic carbocycles. The third-order valence-corrected chi connectivity index (χ3v) is 3.86. The van der Waals surface area contributed by atoms with Gasteiger partial charge in [-0.15, -0.1) is 0 Å². The van der Waals surface area contributed by atoms with E-state index in [9.17, 15) is 9.59 Å². The Labute approximate surface area is 133 Å². The number of benzene rings is 1. The molecular formula is C17H17NO5. The Morgan fingerprint density at radius 2 is 1.83 bits per heavy atom. The van der Waals surface area contributed by atoms with Gasteiger partial charge in [0, 0.05) is 12.1 Å². The summed E-state index contributed by atoms with van der Waals surface area (Å²) in [7, 11) is 0. The topological polar surface area (TPSA) is 80.0 Å². The van der Waals surface area contributed by atoms with Crippen LogP contribution in [-0.4, -0.2) is 41.6 Å². The summed E-state index contributed by atoms with van der Waals surface area (Å²) in [6.07, 6.45) is 0. The van der Waals surface area contributed by atoms with Crippen molar-refractivity contribution in [2.24, 2.45) is 0 Å². The van der Waals surface area contributed by atoms with E-state index in [1.165, 1.54) is 24.3 Å².